The summed E-state index contributed by atoms with van der Waals surface area (Å²) in [5.74, 6) is 3.36. The lowest BCUT2D eigenvalue weighted by atomic mass is 10.1. The second kappa shape index (κ2) is 7.23. The molecule has 0 fully saturated rings. The topological polar surface area (TPSA) is 29.9 Å². The summed E-state index contributed by atoms with van der Waals surface area (Å²) in [6, 6.07) is 0. The van der Waals surface area contributed by atoms with E-state index in [4.69, 9.17) is 6.42 Å². The SMILES string of the molecule is C#CCCn1nc(C)c(CCNCC(C)C)c1C. The van der Waals surface area contributed by atoms with Crippen LogP contribution in [0, 0.1) is 32.1 Å². The summed E-state index contributed by atoms with van der Waals surface area (Å²) in [6.45, 7) is 11.6. The van der Waals surface area contributed by atoms with Crippen LogP contribution in [0.3, 0.4) is 0 Å². The van der Waals surface area contributed by atoms with Crippen LogP contribution < -0.4 is 5.32 Å². The largest absolute Gasteiger partial charge is 0.316 e. The molecule has 1 aromatic rings. The minimum Gasteiger partial charge on any atom is -0.316 e. The van der Waals surface area contributed by atoms with E-state index in [0.29, 0.717) is 5.92 Å². The zero-order valence-electron chi connectivity index (χ0n) is 12.1. The van der Waals surface area contributed by atoms with Crippen LogP contribution in [0.1, 0.15) is 37.2 Å². The van der Waals surface area contributed by atoms with Gasteiger partial charge in [-0.3, -0.25) is 4.68 Å². The molecular formula is C15H25N3. The van der Waals surface area contributed by atoms with Gasteiger partial charge in [0, 0.05) is 12.1 Å². The maximum atomic E-state index is 5.30. The quantitative estimate of drug-likeness (QED) is 0.592. The van der Waals surface area contributed by atoms with E-state index >= 15 is 0 Å². The molecule has 1 rings (SSSR count). The predicted molar refractivity (Wildman–Crippen MR) is 76.6 cm³/mol. The minimum atomic E-state index is 0.700. The third-order valence-corrected chi connectivity index (χ3v) is 3.10. The molecule has 0 aromatic carbocycles. The van der Waals surface area contributed by atoms with Crippen molar-refractivity contribution in [3.63, 3.8) is 0 Å². The molecule has 0 saturated carbocycles. The van der Waals surface area contributed by atoms with Crippen molar-refractivity contribution in [1.29, 1.82) is 0 Å². The lowest BCUT2D eigenvalue weighted by molar-refractivity contribution is 0.553. The fourth-order valence-electron chi connectivity index (χ4n) is 2.09. The zero-order chi connectivity index (χ0) is 13.5. The van der Waals surface area contributed by atoms with Crippen molar-refractivity contribution in [2.75, 3.05) is 13.1 Å². The van der Waals surface area contributed by atoms with E-state index in [2.05, 4.69) is 44.0 Å². The van der Waals surface area contributed by atoms with E-state index in [1.54, 1.807) is 0 Å². The Balaban J connectivity index is 2.55. The first-order chi connectivity index (χ1) is 8.56. The van der Waals surface area contributed by atoms with Crippen molar-refractivity contribution in [2.24, 2.45) is 5.92 Å². The normalized spacial score (nSPS) is 10.9. The Morgan fingerprint density at radius 3 is 2.72 bits per heavy atom. The zero-order valence-corrected chi connectivity index (χ0v) is 12.1. The molecule has 1 N–H and O–H groups in total. The molecule has 0 bridgehead atoms. The van der Waals surface area contributed by atoms with E-state index in [1.165, 1.54) is 11.3 Å². The van der Waals surface area contributed by atoms with E-state index in [0.717, 1.165) is 38.2 Å². The average Bonchev–Trinajstić information content (AvgIpc) is 2.58. The molecule has 18 heavy (non-hydrogen) atoms. The summed E-state index contributed by atoms with van der Waals surface area (Å²) in [6.07, 6.45) is 7.08. The summed E-state index contributed by atoms with van der Waals surface area (Å²) < 4.78 is 2.03. The molecule has 0 aliphatic heterocycles. The standard InChI is InChI=1S/C15H25N3/c1-6-7-10-18-14(5)15(13(4)17-18)8-9-16-11-12(2)3/h1,12,16H,7-11H2,2-5H3. The van der Waals surface area contributed by atoms with Gasteiger partial charge < -0.3 is 5.32 Å². The van der Waals surface area contributed by atoms with Gasteiger partial charge in [0.1, 0.15) is 0 Å². The molecule has 1 aromatic heterocycles. The third kappa shape index (κ3) is 4.19. The van der Waals surface area contributed by atoms with Gasteiger partial charge in [0.15, 0.2) is 0 Å². The van der Waals surface area contributed by atoms with E-state index in [9.17, 15) is 0 Å². The molecule has 0 amide bonds. The van der Waals surface area contributed by atoms with Crippen LogP contribution in [-0.4, -0.2) is 22.9 Å². The number of terminal acetylenes is 1. The molecule has 0 radical (unpaired) electrons. The fourth-order valence-corrected chi connectivity index (χ4v) is 2.09. The first-order valence-electron chi connectivity index (χ1n) is 6.73. The van der Waals surface area contributed by atoms with Gasteiger partial charge in [0.25, 0.3) is 0 Å². The second-order valence-electron chi connectivity index (χ2n) is 5.17. The molecule has 0 saturated heterocycles. The van der Waals surface area contributed by atoms with Crippen molar-refractivity contribution < 1.29 is 0 Å². The summed E-state index contributed by atoms with van der Waals surface area (Å²) in [7, 11) is 0. The summed E-state index contributed by atoms with van der Waals surface area (Å²) in [5, 5.41) is 8.03. The van der Waals surface area contributed by atoms with Gasteiger partial charge in [-0.2, -0.15) is 5.10 Å². The van der Waals surface area contributed by atoms with Gasteiger partial charge in [0.05, 0.1) is 12.2 Å². The highest BCUT2D eigenvalue weighted by Gasteiger charge is 2.10. The van der Waals surface area contributed by atoms with Crippen LogP contribution >= 0.6 is 0 Å². The number of hydrogen-bond donors (Lipinski definition) is 1. The number of hydrogen-bond acceptors (Lipinski definition) is 2. The van der Waals surface area contributed by atoms with Gasteiger partial charge in [-0.25, -0.2) is 0 Å². The first kappa shape index (κ1) is 14.8. The molecule has 0 aliphatic carbocycles. The Hall–Kier alpha value is -1.27. The van der Waals surface area contributed by atoms with Crippen LogP contribution in [0.15, 0.2) is 0 Å². The van der Waals surface area contributed by atoms with Crippen LogP contribution in [0.2, 0.25) is 0 Å². The van der Waals surface area contributed by atoms with Gasteiger partial charge >= 0.3 is 0 Å². The molecule has 0 atom stereocenters. The minimum absolute atomic E-state index is 0.700. The molecule has 100 valence electrons. The Kier molecular flexibility index (Phi) is 5.94. The number of nitrogens with zero attached hydrogens (tertiary/aromatic N) is 2. The molecule has 1 heterocycles. The van der Waals surface area contributed by atoms with Crippen LogP contribution in [0.25, 0.3) is 0 Å². The molecular weight excluding hydrogens is 222 g/mol. The van der Waals surface area contributed by atoms with Gasteiger partial charge in [-0.1, -0.05) is 13.8 Å². The first-order valence-corrected chi connectivity index (χ1v) is 6.73. The monoisotopic (exact) mass is 247 g/mol. The molecule has 3 heteroatoms. The molecule has 0 unspecified atom stereocenters. The maximum Gasteiger partial charge on any atom is 0.0628 e. The van der Waals surface area contributed by atoms with Crippen LogP contribution in [0.5, 0.6) is 0 Å². The van der Waals surface area contributed by atoms with E-state index < -0.39 is 0 Å². The fraction of sp³-hybridized carbons (Fsp3) is 0.667. The highest BCUT2D eigenvalue weighted by Crippen LogP contribution is 2.13. The molecule has 3 nitrogen and oxygen atoms in total. The third-order valence-electron chi connectivity index (χ3n) is 3.10. The van der Waals surface area contributed by atoms with Gasteiger partial charge in [0.2, 0.25) is 0 Å². The lowest BCUT2D eigenvalue weighted by Gasteiger charge is -2.07. The van der Waals surface area contributed by atoms with Crippen molar-refractivity contribution in [3.05, 3.63) is 17.0 Å². The Bertz CT molecular complexity index is 410. The number of nitrogens with one attached hydrogen (secondary N) is 1. The van der Waals surface area contributed by atoms with Gasteiger partial charge in [-0.05, 0) is 44.8 Å². The molecule has 0 spiro atoms. The number of aryl methyl sites for hydroxylation is 2. The van der Waals surface area contributed by atoms with Crippen LogP contribution in [0.4, 0.5) is 0 Å². The number of aromatic nitrogens is 2. The highest BCUT2D eigenvalue weighted by atomic mass is 15.3. The van der Waals surface area contributed by atoms with Crippen molar-refractivity contribution in [3.8, 4) is 12.3 Å². The van der Waals surface area contributed by atoms with Crippen LogP contribution in [-0.2, 0) is 13.0 Å². The Labute approximate surface area is 111 Å². The second-order valence-corrected chi connectivity index (χ2v) is 5.17. The Morgan fingerprint density at radius 2 is 2.11 bits per heavy atom. The molecule has 0 aliphatic rings. The highest BCUT2D eigenvalue weighted by molar-refractivity contribution is 5.24. The average molecular weight is 247 g/mol. The lowest BCUT2D eigenvalue weighted by Crippen LogP contribution is -2.22. The van der Waals surface area contributed by atoms with Crippen molar-refractivity contribution >= 4 is 0 Å². The van der Waals surface area contributed by atoms with E-state index in [-0.39, 0.29) is 0 Å². The van der Waals surface area contributed by atoms with Gasteiger partial charge in [-0.15, -0.1) is 12.3 Å². The summed E-state index contributed by atoms with van der Waals surface area (Å²) in [4.78, 5) is 0. The summed E-state index contributed by atoms with van der Waals surface area (Å²) >= 11 is 0. The van der Waals surface area contributed by atoms with E-state index in [1.807, 2.05) is 4.68 Å². The predicted octanol–water partition coefficient (Wildman–Crippen LogP) is 2.31. The summed E-state index contributed by atoms with van der Waals surface area (Å²) in [5.41, 5.74) is 3.76. The smallest absolute Gasteiger partial charge is 0.0628 e. The van der Waals surface area contributed by atoms with Crippen molar-refractivity contribution in [2.45, 2.75) is 47.1 Å². The Morgan fingerprint density at radius 1 is 1.39 bits per heavy atom. The van der Waals surface area contributed by atoms with Crippen molar-refractivity contribution in [1.82, 2.24) is 15.1 Å². The number of rotatable bonds is 7. The maximum absolute atomic E-state index is 5.30.